The van der Waals surface area contributed by atoms with Crippen molar-refractivity contribution < 1.29 is 24.8 Å². The summed E-state index contributed by atoms with van der Waals surface area (Å²) >= 11 is 7.87. The molecule has 7 heteroatoms. The molecule has 5 nitrogen and oxygen atoms in total. The Morgan fingerprint density at radius 1 is 1.00 bits per heavy atom. The molecule has 1 aliphatic heterocycles. The van der Waals surface area contributed by atoms with Gasteiger partial charge >= 0.3 is 0 Å². The summed E-state index contributed by atoms with van der Waals surface area (Å²) in [6, 6.07) is 13.3. The maximum Gasteiger partial charge on any atom is 0.132 e. The Balaban J connectivity index is 1.80. The van der Waals surface area contributed by atoms with Crippen LogP contribution in [0.1, 0.15) is 43.1 Å². The highest BCUT2D eigenvalue weighted by atomic mass is 35.5. The fraction of sp³-hybridized carbons (Fsp3) is 0.478. The normalized spacial score (nSPS) is 26.5. The lowest BCUT2D eigenvalue weighted by atomic mass is 9.92. The Labute approximate surface area is 187 Å². The molecule has 0 radical (unpaired) electrons. The largest absolute Gasteiger partial charge is 0.494 e. The Morgan fingerprint density at radius 2 is 1.73 bits per heavy atom. The van der Waals surface area contributed by atoms with Gasteiger partial charge in [0.2, 0.25) is 0 Å². The summed E-state index contributed by atoms with van der Waals surface area (Å²) in [4.78, 5) is 0. The highest BCUT2D eigenvalue weighted by Crippen LogP contribution is 2.38. The van der Waals surface area contributed by atoms with Crippen LogP contribution in [0.5, 0.6) is 5.75 Å². The third-order valence-electron chi connectivity index (χ3n) is 5.08. The van der Waals surface area contributed by atoms with Crippen molar-refractivity contribution >= 4 is 23.4 Å². The summed E-state index contributed by atoms with van der Waals surface area (Å²) in [6.45, 7) is 4.61. The fourth-order valence-corrected chi connectivity index (χ4v) is 4.70. The lowest BCUT2D eigenvalue weighted by molar-refractivity contribution is -0.200. The first kappa shape index (κ1) is 23.4. The van der Waals surface area contributed by atoms with Crippen LogP contribution < -0.4 is 4.74 Å². The highest BCUT2D eigenvalue weighted by molar-refractivity contribution is 7.99. The van der Waals surface area contributed by atoms with Crippen LogP contribution >= 0.6 is 23.4 Å². The predicted molar refractivity (Wildman–Crippen MR) is 120 cm³/mol. The molecule has 0 aliphatic carbocycles. The first-order valence-electron chi connectivity index (χ1n) is 10.3. The average molecular weight is 453 g/mol. The molecule has 3 rings (SSSR count). The quantitative estimate of drug-likeness (QED) is 0.562. The van der Waals surface area contributed by atoms with Crippen LogP contribution in [0.4, 0.5) is 0 Å². The zero-order valence-electron chi connectivity index (χ0n) is 17.2. The maximum absolute atomic E-state index is 10.5. The maximum atomic E-state index is 10.5. The van der Waals surface area contributed by atoms with Crippen molar-refractivity contribution in [1.82, 2.24) is 0 Å². The van der Waals surface area contributed by atoms with Crippen LogP contribution in [-0.2, 0) is 11.2 Å². The van der Waals surface area contributed by atoms with E-state index in [1.807, 2.05) is 44.2 Å². The van der Waals surface area contributed by atoms with Crippen LogP contribution in [0, 0.1) is 0 Å². The van der Waals surface area contributed by atoms with Gasteiger partial charge in [0.15, 0.2) is 0 Å². The van der Waals surface area contributed by atoms with E-state index < -0.39 is 29.9 Å². The Hall–Kier alpha value is -1.28. The zero-order valence-corrected chi connectivity index (χ0v) is 18.8. The molecule has 1 saturated heterocycles. The molecule has 0 aromatic heterocycles. The van der Waals surface area contributed by atoms with Crippen LogP contribution in [0.2, 0.25) is 5.02 Å². The molecule has 164 valence electrons. The van der Waals surface area contributed by atoms with E-state index in [0.29, 0.717) is 18.1 Å². The van der Waals surface area contributed by atoms with E-state index in [-0.39, 0.29) is 0 Å². The molecule has 30 heavy (non-hydrogen) atoms. The summed E-state index contributed by atoms with van der Waals surface area (Å²) in [5.74, 6) is 1.61. The van der Waals surface area contributed by atoms with E-state index in [2.05, 4.69) is 0 Å². The summed E-state index contributed by atoms with van der Waals surface area (Å²) in [5, 5.41) is 31.8. The van der Waals surface area contributed by atoms with Gasteiger partial charge < -0.3 is 24.8 Å². The molecule has 0 amide bonds. The fourth-order valence-electron chi connectivity index (χ4n) is 3.49. The number of benzene rings is 2. The number of ether oxygens (including phenoxy) is 2. The van der Waals surface area contributed by atoms with Crippen molar-refractivity contribution in [3.8, 4) is 5.75 Å². The molecule has 3 N–H and O–H groups in total. The van der Waals surface area contributed by atoms with E-state index in [9.17, 15) is 15.3 Å². The SMILES string of the molecule is CCCSC1O[C@@H](c2ccc(Cl)c(Cc3ccc(OCC)cc3)c2)[C@H](O)[C@@H](O)[C@@H]1O. The van der Waals surface area contributed by atoms with Gasteiger partial charge in [0.25, 0.3) is 0 Å². The van der Waals surface area contributed by atoms with E-state index >= 15 is 0 Å². The molecule has 2 aromatic rings. The molecule has 1 fully saturated rings. The van der Waals surface area contributed by atoms with Gasteiger partial charge in [-0.1, -0.05) is 42.8 Å². The van der Waals surface area contributed by atoms with Gasteiger partial charge in [0.05, 0.1) is 6.61 Å². The third kappa shape index (κ3) is 5.49. The van der Waals surface area contributed by atoms with Gasteiger partial charge in [-0.15, -0.1) is 11.8 Å². The number of aliphatic hydroxyl groups excluding tert-OH is 3. The smallest absolute Gasteiger partial charge is 0.132 e. The van der Waals surface area contributed by atoms with Crippen molar-refractivity contribution in [2.24, 2.45) is 0 Å². The zero-order chi connectivity index (χ0) is 21.7. The Morgan fingerprint density at radius 3 is 2.40 bits per heavy atom. The Kier molecular flexibility index (Phi) is 8.45. The molecule has 0 saturated carbocycles. The van der Waals surface area contributed by atoms with Crippen molar-refractivity contribution in [3.05, 3.63) is 64.2 Å². The minimum Gasteiger partial charge on any atom is -0.494 e. The highest BCUT2D eigenvalue weighted by Gasteiger charge is 2.44. The van der Waals surface area contributed by atoms with Gasteiger partial charge in [0, 0.05) is 5.02 Å². The molecule has 1 unspecified atom stereocenters. The standard InChI is InChI=1S/C23H29ClO5S/c1-3-11-30-23-21(27)19(25)20(26)22(29-23)15-7-10-18(24)16(13-15)12-14-5-8-17(9-6-14)28-4-2/h5-10,13,19-23,25-27H,3-4,11-12H2,1-2H3/t19-,20-,21+,22+,23?/m1/s1. The number of thioether (sulfide) groups is 1. The van der Waals surface area contributed by atoms with Gasteiger partial charge in [0.1, 0.15) is 35.6 Å². The van der Waals surface area contributed by atoms with E-state index in [4.69, 9.17) is 21.1 Å². The number of hydrogen-bond acceptors (Lipinski definition) is 6. The second kappa shape index (κ2) is 10.8. The number of rotatable bonds is 8. The van der Waals surface area contributed by atoms with Gasteiger partial charge in [-0.2, -0.15) is 0 Å². The topological polar surface area (TPSA) is 79.2 Å². The van der Waals surface area contributed by atoms with Crippen LogP contribution in [0.15, 0.2) is 42.5 Å². The lowest BCUT2D eigenvalue weighted by Crippen LogP contribution is -2.53. The summed E-state index contributed by atoms with van der Waals surface area (Å²) in [7, 11) is 0. The molecule has 2 aromatic carbocycles. The monoisotopic (exact) mass is 452 g/mol. The number of aliphatic hydroxyl groups is 3. The summed E-state index contributed by atoms with van der Waals surface area (Å²) in [5.41, 5.74) is 2.10. The van der Waals surface area contributed by atoms with E-state index in [1.165, 1.54) is 11.8 Å². The van der Waals surface area contributed by atoms with Gasteiger partial charge in [-0.05, 0) is 60.4 Å². The lowest BCUT2D eigenvalue weighted by Gasteiger charge is -2.40. The third-order valence-corrected chi connectivity index (χ3v) is 6.81. The minimum absolute atomic E-state index is 0.599. The molecule has 0 bridgehead atoms. The summed E-state index contributed by atoms with van der Waals surface area (Å²) in [6.07, 6.45) is -2.84. The van der Waals surface area contributed by atoms with Crippen molar-refractivity contribution in [2.45, 2.75) is 56.5 Å². The second-order valence-corrected chi connectivity index (χ2v) is 8.99. The van der Waals surface area contributed by atoms with Crippen molar-refractivity contribution in [2.75, 3.05) is 12.4 Å². The molecule has 0 spiro atoms. The van der Waals surface area contributed by atoms with Crippen molar-refractivity contribution in [1.29, 1.82) is 0 Å². The number of halogens is 1. The number of hydrogen-bond donors (Lipinski definition) is 3. The molecule has 1 heterocycles. The second-order valence-electron chi connectivity index (χ2n) is 7.37. The summed E-state index contributed by atoms with van der Waals surface area (Å²) < 4.78 is 11.5. The molecule has 5 atom stereocenters. The minimum atomic E-state index is -1.27. The Bertz CT molecular complexity index is 816. The molecular weight excluding hydrogens is 424 g/mol. The van der Waals surface area contributed by atoms with E-state index in [0.717, 1.165) is 34.6 Å². The van der Waals surface area contributed by atoms with E-state index in [1.54, 1.807) is 12.1 Å². The van der Waals surface area contributed by atoms with Crippen LogP contribution in [0.3, 0.4) is 0 Å². The van der Waals surface area contributed by atoms with Gasteiger partial charge in [-0.25, -0.2) is 0 Å². The first-order chi connectivity index (χ1) is 14.4. The van der Waals surface area contributed by atoms with Crippen LogP contribution in [-0.4, -0.2) is 51.4 Å². The van der Waals surface area contributed by atoms with Gasteiger partial charge in [-0.3, -0.25) is 0 Å². The average Bonchev–Trinajstić information content (AvgIpc) is 2.75. The van der Waals surface area contributed by atoms with Crippen molar-refractivity contribution in [3.63, 3.8) is 0 Å². The predicted octanol–water partition coefficient (Wildman–Crippen LogP) is 3.95. The molecule has 1 aliphatic rings. The first-order valence-corrected chi connectivity index (χ1v) is 11.7. The van der Waals surface area contributed by atoms with Crippen LogP contribution in [0.25, 0.3) is 0 Å². The molecular formula is C23H29ClO5S.